The van der Waals surface area contributed by atoms with Gasteiger partial charge in [-0.25, -0.2) is 0 Å². The number of para-hydroxylation sites is 1. The molecule has 0 amide bonds. The lowest BCUT2D eigenvalue weighted by molar-refractivity contribution is 0.660. The van der Waals surface area contributed by atoms with Gasteiger partial charge in [0.15, 0.2) is 0 Å². The SMILES string of the molecule is CC1(C)c2ccccc2-c2ccc(N(c3ccccc3)c3ccc4c(ccc5sc6ccccc6c54)c3)cc21. The van der Waals surface area contributed by atoms with Crippen LogP contribution in [0, 0.1) is 0 Å². The lowest BCUT2D eigenvalue weighted by Gasteiger charge is -2.28. The van der Waals surface area contributed by atoms with Crippen LogP contribution in [0.2, 0.25) is 0 Å². The predicted octanol–water partition coefficient (Wildman–Crippen LogP) is 11.0. The summed E-state index contributed by atoms with van der Waals surface area (Å²) in [4.78, 5) is 2.40. The highest BCUT2D eigenvalue weighted by atomic mass is 32.1. The first kappa shape index (κ1) is 22.6. The molecule has 39 heavy (non-hydrogen) atoms. The van der Waals surface area contributed by atoms with Crippen molar-refractivity contribution in [3.8, 4) is 11.1 Å². The maximum absolute atomic E-state index is 2.40. The van der Waals surface area contributed by atoms with Crippen molar-refractivity contribution in [3.63, 3.8) is 0 Å². The molecule has 6 aromatic carbocycles. The van der Waals surface area contributed by atoms with Gasteiger partial charge in [-0.3, -0.25) is 0 Å². The van der Waals surface area contributed by atoms with Gasteiger partial charge in [0.25, 0.3) is 0 Å². The van der Waals surface area contributed by atoms with Crippen LogP contribution in [-0.4, -0.2) is 0 Å². The van der Waals surface area contributed by atoms with Gasteiger partial charge in [-0.2, -0.15) is 0 Å². The standard InChI is InChI=1S/C37H27NS/c1-37(2)32-14-8-6-12-29(32)30-20-18-27(23-33(30)37)38(25-10-4-3-5-11-25)26-17-19-28-24(22-26)16-21-35-36(28)31-13-7-9-15-34(31)39-35/h3-23H,1-2H3. The Balaban J connectivity index is 1.33. The Kier molecular flexibility index (Phi) is 4.80. The third-order valence-electron chi connectivity index (χ3n) is 8.44. The highest BCUT2D eigenvalue weighted by Gasteiger charge is 2.35. The zero-order chi connectivity index (χ0) is 26.1. The van der Waals surface area contributed by atoms with Crippen LogP contribution < -0.4 is 4.90 Å². The molecular formula is C37H27NS. The van der Waals surface area contributed by atoms with Crippen molar-refractivity contribution in [2.24, 2.45) is 0 Å². The van der Waals surface area contributed by atoms with E-state index in [4.69, 9.17) is 0 Å². The Hall–Kier alpha value is -4.40. The quantitative estimate of drug-likeness (QED) is 0.225. The first-order chi connectivity index (χ1) is 19.1. The molecule has 0 atom stereocenters. The minimum absolute atomic E-state index is 0.0424. The average Bonchev–Trinajstić information content (AvgIpc) is 3.47. The van der Waals surface area contributed by atoms with Crippen LogP contribution in [0.4, 0.5) is 17.1 Å². The van der Waals surface area contributed by atoms with Crippen molar-refractivity contribution in [1.82, 2.24) is 0 Å². The molecule has 0 N–H and O–H groups in total. The van der Waals surface area contributed by atoms with Crippen molar-refractivity contribution in [2.45, 2.75) is 19.3 Å². The Morgan fingerprint density at radius 3 is 2.13 bits per heavy atom. The molecule has 186 valence electrons. The molecular weight excluding hydrogens is 490 g/mol. The summed E-state index contributed by atoms with van der Waals surface area (Å²) in [6.07, 6.45) is 0. The molecule has 0 saturated heterocycles. The summed E-state index contributed by atoms with van der Waals surface area (Å²) < 4.78 is 2.69. The summed E-state index contributed by atoms with van der Waals surface area (Å²) >= 11 is 1.88. The van der Waals surface area contributed by atoms with Crippen LogP contribution in [-0.2, 0) is 5.41 Å². The minimum Gasteiger partial charge on any atom is -0.310 e. The molecule has 2 heteroatoms. The maximum atomic E-state index is 2.40. The van der Waals surface area contributed by atoms with E-state index in [9.17, 15) is 0 Å². The van der Waals surface area contributed by atoms with E-state index in [1.807, 2.05) is 11.3 Å². The molecule has 1 aromatic heterocycles. The lowest BCUT2D eigenvalue weighted by atomic mass is 9.82. The molecule has 0 aliphatic heterocycles. The monoisotopic (exact) mass is 517 g/mol. The molecule has 8 rings (SSSR count). The number of hydrogen-bond acceptors (Lipinski definition) is 2. The van der Waals surface area contributed by atoms with Crippen LogP contribution in [0.1, 0.15) is 25.0 Å². The van der Waals surface area contributed by atoms with Gasteiger partial charge in [0, 0.05) is 42.6 Å². The fourth-order valence-corrected chi connectivity index (χ4v) is 7.66. The molecule has 0 radical (unpaired) electrons. The van der Waals surface area contributed by atoms with Crippen molar-refractivity contribution in [1.29, 1.82) is 0 Å². The second kappa shape index (κ2) is 8.30. The van der Waals surface area contributed by atoms with E-state index in [1.165, 1.54) is 64.6 Å². The molecule has 0 bridgehead atoms. The van der Waals surface area contributed by atoms with E-state index in [0.717, 1.165) is 5.69 Å². The van der Waals surface area contributed by atoms with Crippen LogP contribution >= 0.6 is 11.3 Å². The third kappa shape index (κ3) is 3.32. The van der Waals surface area contributed by atoms with Crippen molar-refractivity contribution in [3.05, 3.63) is 139 Å². The van der Waals surface area contributed by atoms with E-state index in [1.54, 1.807) is 0 Å². The summed E-state index contributed by atoms with van der Waals surface area (Å²) in [5, 5.41) is 5.28. The molecule has 1 aliphatic rings. The molecule has 1 nitrogen and oxygen atoms in total. The minimum atomic E-state index is -0.0424. The zero-order valence-electron chi connectivity index (χ0n) is 22.0. The number of thiophene rings is 1. The Labute approximate surface area is 232 Å². The van der Waals surface area contributed by atoms with Crippen LogP contribution in [0.3, 0.4) is 0 Å². The predicted molar refractivity (Wildman–Crippen MR) is 169 cm³/mol. The molecule has 1 aliphatic carbocycles. The number of fused-ring (bicyclic) bond motifs is 8. The normalized spacial score (nSPS) is 13.6. The van der Waals surface area contributed by atoms with Gasteiger partial charge in [0.05, 0.1) is 0 Å². The van der Waals surface area contributed by atoms with E-state index >= 15 is 0 Å². The zero-order valence-corrected chi connectivity index (χ0v) is 22.8. The van der Waals surface area contributed by atoms with Gasteiger partial charge in [0.1, 0.15) is 0 Å². The van der Waals surface area contributed by atoms with Gasteiger partial charge in [0.2, 0.25) is 0 Å². The van der Waals surface area contributed by atoms with Crippen molar-refractivity contribution in [2.75, 3.05) is 4.90 Å². The number of anilines is 3. The number of rotatable bonds is 3. The van der Waals surface area contributed by atoms with Crippen LogP contribution in [0.15, 0.2) is 127 Å². The van der Waals surface area contributed by atoms with Gasteiger partial charge < -0.3 is 4.90 Å². The molecule has 0 unspecified atom stereocenters. The smallest absolute Gasteiger partial charge is 0.0468 e. The molecule has 0 spiro atoms. The number of nitrogens with zero attached hydrogens (tertiary/aromatic N) is 1. The Morgan fingerprint density at radius 2 is 1.23 bits per heavy atom. The summed E-state index contributed by atoms with van der Waals surface area (Å²) in [5.41, 5.74) is 8.95. The largest absolute Gasteiger partial charge is 0.310 e. The summed E-state index contributed by atoms with van der Waals surface area (Å²) in [7, 11) is 0. The number of benzene rings is 6. The van der Waals surface area contributed by atoms with Gasteiger partial charge in [-0.1, -0.05) is 92.7 Å². The first-order valence-electron chi connectivity index (χ1n) is 13.5. The molecule has 7 aromatic rings. The van der Waals surface area contributed by atoms with E-state index in [0.29, 0.717) is 0 Å². The second-order valence-corrected chi connectivity index (χ2v) is 12.1. The van der Waals surface area contributed by atoms with E-state index in [-0.39, 0.29) is 5.41 Å². The lowest BCUT2D eigenvalue weighted by Crippen LogP contribution is -2.16. The summed E-state index contributed by atoms with van der Waals surface area (Å²) in [6.45, 7) is 4.70. The number of hydrogen-bond donors (Lipinski definition) is 0. The van der Waals surface area contributed by atoms with E-state index in [2.05, 4.69) is 146 Å². The Bertz CT molecular complexity index is 2050. The summed E-state index contributed by atoms with van der Waals surface area (Å²) in [6, 6.07) is 46.9. The summed E-state index contributed by atoms with van der Waals surface area (Å²) in [5.74, 6) is 0. The molecule has 1 heterocycles. The maximum Gasteiger partial charge on any atom is 0.0468 e. The highest BCUT2D eigenvalue weighted by molar-refractivity contribution is 7.26. The fraction of sp³-hybridized carbons (Fsp3) is 0.0811. The topological polar surface area (TPSA) is 3.24 Å². The molecule has 0 saturated carbocycles. The highest BCUT2D eigenvalue weighted by Crippen LogP contribution is 2.50. The van der Waals surface area contributed by atoms with Crippen molar-refractivity contribution >= 4 is 59.3 Å². The van der Waals surface area contributed by atoms with Gasteiger partial charge in [-0.05, 0) is 81.6 Å². The van der Waals surface area contributed by atoms with E-state index < -0.39 is 0 Å². The van der Waals surface area contributed by atoms with Crippen molar-refractivity contribution < 1.29 is 0 Å². The first-order valence-corrected chi connectivity index (χ1v) is 14.3. The third-order valence-corrected chi connectivity index (χ3v) is 9.58. The van der Waals surface area contributed by atoms with Gasteiger partial charge in [-0.15, -0.1) is 11.3 Å². The van der Waals surface area contributed by atoms with Crippen LogP contribution in [0.25, 0.3) is 42.1 Å². The van der Waals surface area contributed by atoms with Crippen LogP contribution in [0.5, 0.6) is 0 Å². The Morgan fingerprint density at radius 1 is 0.513 bits per heavy atom. The average molecular weight is 518 g/mol. The second-order valence-electron chi connectivity index (χ2n) is 11.0. The fourth-order valence-electron chi connectivity index (χ4n) is 6.54. The van der Waals surface area contributed by atoms with Gasteiger partial charge >= 0.3 is 0 Å². The molecule has 0 fully saturated rings.